The number of hydrogen-bond donors (Lipinski definition) is 3. The van der Waals surface area contributed by atoms with Crippen LogP contribution in [-0.4, -0.2) is 43.5 Å². The lowest BCUT2D eigenvalue weighted by atomic mass is 10.1. The van der Waals surface area contributed by atoms with Gasteiger partial charge in [0.2, 0.25) is 0 Å². The van der Waals surface area contributed by atoms with Gasteiger partial charge in [-0.2, -0.15) is 0 Å². The fourth-order valence-electron chi connectivity index (χ4n) is 5.20. The molecule has 0 spiro atoms. The monoisotopic (exact) mass is 538 g/mol. The molecule has 0 amide bonds. The van der Waals surface area contributed by atoms with Crippen molar-refractivity contribution in [2.45, 2.75) is 71.6 Å². The molecular formula is C33H39FN6. The Balaban J connectivity index is 1.38. The lowest BCUT2D eigenvalue weighted by Gasteiger charge is -2.10. The first-order chi connectivity index (χ1) is 19.4. The van der Waals surface area contributed by atoms with Crippen LogP contribution in [0.4, 0.5) is 4.39 Å². The highest BCUT2D eigenvalue weighted by Crippen LogP contribution is 2.32. The van der Waals surface area contributed by atoms with E-state index in [1.807, 2.05) is 19.1 Å². The van der Waals surface area contributed by atoms with E-state index in [1.165, 1.54) is 18.7 Å². The maximum absolute atomic E-state index is 14.5. The number of rotatable bonds is 8. The van der Waals surface area contributed by atoms with Crippen molar-refractivity contribution in [2.75, 3.05) is 6.54 Å². The maximum atomic E-state index is 14.5. The van der Waals surface area contributed by atoms with Gasteiger partial charge in [-0.25, -0.2) is 14.4 Å². The number of allylic oxidation sites excluding steroid dienone is 1. The zero-order chi connectivity index (χ0) is 28.2. The first-order valence-corrected chi connectivity index (χ1v) is 14.2. The zero-order valence-electron chi connectivity index (χ0n) is 23.9. The summed E-state index contributed by atoms with van der Waals surface area (Å²) in [6, 6.07) is 8.88. The topological polar surface area (TPSA) is 72.4 Å². The van der Waals surface area contributed by atoms with Crippen LogP contribution in [0, 0.1) is 30.5 Å². The predicted molar refractivity (Wildman–Crippen MR) is 160 cm³/mol. The highest BCUT2D eigenvalue weighted by Gasteiger charge is 2.37. The molecule has 1 saturated heterocycles. The molecular weight excluding hydrogens is 499 g/mol. The first kappa shape index (κ1) is 27.8. The Morgan fingerprint density at radius 1 is 1.30 bits per heavy atom. The van der Waals surface area contributed by atoms with E-state index in [9.17, 15) is 4.39 Å². The second-order valence-electron chi connectivity index (χ2n) is 11.0. The Bertz CT molecular complexity index is 1640. The van der Waals surface area contributed by atoms with E-state index in [4.69, 9.17) is 4.98 Å². The molecule has 208 valence electrons. The number of aromatic nitrogens is 4. The van der Waals surface area contributed by atoms with Gasteiger partial charge in [-0.05, 0) is 56.0 Å². The van der Waals surface area contributed by atoms with Gasteiger partial charge in [-0.1, -0.05) is 56.6 Å². The first-order valence-electron chi connectivity index (χ1n) is 14.2. The molecule has 5 rings (SSSR count). The van der Waals surface area contributed by atoms with Crippen molar-refractivity contribution in [1.82, 2.24) is 30.2 Å². The van der Waals surface area contributed by atoms with E-state index < -0.39 is 5.82 Å². The Kier molecular flexibility index (Phi) is 8.49. The maximum Gasteiger partial charge on any atom is 0.142 e. The number of nitrogens with one attached hydrogen (secondary N) is 3. The predicted octanol–water partition coefficient (Wildman–Crippen LogP) is 4.70. The Morgan fingerprint density at radius 2 is 2.12 bits per heavy atom. The molecule has 0 bridgehead atoms. The van der Waals surface area contributed by atoms with Crippen molar-refractivity contribution >= 4 is 23.2 Å². The molecule has 3 heterocycles. The normalized spacial score (nSPS) is 22.9. The summed E-state index contributed by atoms with van der Waals surface area (Å²) < 4.78 is 14.5. The van der Waals surface area contributed by atoms with Crippen molar-refractivity contribution in [3.63, 3.8) is 0 Å². The quantitative estimate of drug-likeness (QED) is 0.287. The highest BCUT2D eigenvalue weighted by atomic mass is 19.1. The average Bonchev–Trinajstić information content (AvgIpc) is 3.82. The molecule has 1 aliphatic carbocycles. The van der Waals surface area contributed by atoms with Gasteiger partial charge >= 0.3 is 0 Å². The summed E-state index contributed by atoms with van der Waals surface area (Å²) in [5.74, 6) is 8.25. The number of halogens is 1. The van der Waals surface area contributed by atoms with Gasteiger partial charge in [-0.15, -0.1) is 0 Å². The third-order valence-corrected chi connectivity index (χ3v) is 7.80. The molecule has 40 heavy (non-hydrogen) atoms. The summed E-state index contributed by atoms with van der Waals surface area (Å²) in [4.78, 5) is 18.6. The standard InChI is InChI=1S/C33H39FN6/c1-6-10-28-25(13-14-29-32(28)39-33(38-29)23(5)40-20-27(40)7-2)12-9-8-11-24-16-22(4)37-31(36-18-26(34)17-24)19-35-30-15-21(30)3/h6,10,12-14,16-18,21,23,27,30,35H,1,7,9,15,19-20H2,2-5H3,(H,36,37)(H,38,39)/b22-16?,24-17?,25-12-,26-18?,28-10+/t21?,23-,27-,30?,40?/m0/s1. The minimum absolute atomic E-state index is 0.258. The Labute approximate surface area is 235 Å². The van der Waals surface area contributed by atoms with E-state index in [-0.39, 0.29) is 6.04 Å². The average molecular weight is 539 g/mol. The molecule has 1 aromatic carbocycles. The van der Waals surface area contributed by atoms with E-state index in [0.717, 1.165) is 46.0 Å². The minimum atomic E-state index is -0.428. The van der Waals surface area contributed by atoms with Crippen LogP contribution in [0.1, 0.15) is 69.0 Å². The van der Waals surface area contributed by atoms with Gasteiger partial charge in [-0.3, -0.25) is 4.90 Å². The zero-order valence-corrected chi connectivity index (χ0v) is 23.9. The fraction of sp³-hybridized carbons (Fsp3) is 0.394. The summed E-state index contributed by atoms with van der Waals surface area (Å²) in [6.45, 7) is 14.2. The van der Waals surface area contributed by atoms with Gasteiger partial charge in [0.1, 0.15) is 17.5 Å². The van der Waals surface area contributed by atoms with E-state index >= 15 is 0 Å². The molecule has 3 N–H and O–H groups in total. The summed E-state index contributed by atoms with van der Waals surface area (Å²) in [7, 11) is 0. The van der Waals surface area contributed by atoms with Crippen LogP contribution in [0.5, 0.6) is 0 Å². The van der Waals surface area contributed by atoms with E-state index in [0.29, 0.717) is 42.4 Å². The number of aromatic amines is 2. The molecule has 6 nitrogen and oxygen atoms in total. The van der Waals surface area contributed by atoms with E-state index in [1.54, 1.807) is 6.08 Å². The van der Waals surface area contributed by atoms with Crippen LogP contribution in [0.15, 0.2) is 43.1 Å². The third kappa shape index (κ3) is 6.70. The number of nitrogens with zero attached hydrogens (tertiary/aromatic N) is 3. The van der Waals surface area contributed by atoms with Crippen LogP contribution >= 0.6 is 0 Å². The van der Waals surface area contributed by atoms with Crippen molar-refractivity contribution in [1.29, 1.82) is 0 Å². The van der Waals surface area contributed by atoms with Gasteiger partial charge in [0.15, 0.2) is 0 Å². The van der Waals surface area contributed by atoms with Crippen LogP contribution in [-0.2, 0) is 6.54 Å². The van der Waals surface area contributed by atoms with Crippen LogP contribution in [0.3, 0.4) is 0 Å². The van der Waals surface area contributed by atoms with E-state index in [2.05, 4.69) is 82.6 Å². The number of hydrogen-bond acceptors (Lipinski definition) is 4. The molecule has 5 atom stereocenters. The number of aryl methyl sites for hydroxylation is 1. The molecule has 2 fully saturated rings. The fourth-order valence-corrected chi connectivity index (χ4v) is 5.20. The molecule has 3 aromatic rings. The van der Waals surface area contributed by atoms with Gasteiger partial charge in [0.05, 0.1) is 29.8 Å². The molecule has 7 heteroatoms. The van der Waals surface area contributed by atoms with Gasteiger partial charge < -0.3 is 15.3 Å². The van der Waals surface area contributed by atoms with Crippen molar-refractivity contribution in [3.8, 4) is 11.8 Å². The lowest BCUT2D eigenvalue weighted by Crippen LogP contribution is -2.25. The smallest absolute Gasteiger partial charge is 0.142 e. The Hall–Kier alpha value is -3.73. The summed E-state index contributed by atoms with van der Waals surface area (Å²) >= 11 is 0. The number of fused-ring (bicyclic) bond motifs is 1. The van der Waals surface area contributed by atoms with Crippen molar-refractivity contribution in [3.05, 3.63) is 82.3 Å². The highest BCUT2D eigenvalue weighted by molar-refractivity contribution is 5.77. The van der Waals surface area contributed by atoms with Gasteiger partial charge in [0.25, 0.3) is 0 Å². The van der Waals surface area contributed by atoms with Crippen LogP contribution in [0.2, 0.25) is 0 Å². The largest absolute Gasteiger partial charge is 0.346 e. The van der Waals surface area contributed by atoms with Crippen LogP contribution in [0.25, 0.3) is 23.2 Å². The van der Waals surface area contributed by atoms with Crippen molar-refractivity contribution in [2.24, 2.45) is 5.92 Å². The second kappa shape index (κ2) is 12.2. The molecule has 1 aliphatic heterocycles. The van der Waals surface area contributed by atoms with Crippen molar-refractivity contribution < 1.29 is 4.39 Å². The molecule has 0 radical (unpaired) electrons. The lowest BCUT2D eigenvalue weighted by molar-refractivity contribution is 0.389. The summed E-state index contributed by atoms with van der Waals surface area (Å²) in [6.07, 6.45) is 9.97. The second-order valence-corrected chi connectivity index (χ2v) is 11.0. The van der Waals surface area contributed by atoms with Crippen LogP contribution < -0.4 is 15.8 Å². The van der Waals surface area contributed by atoms with Gasteiger partial charge in [0, 0.05) is 41.5 Å². The summed E-state index contributed by atoms with van der Waals surface area (Å²) in [5.41, 5.74) is 3.41. The SMILES string of the molecule is C=C/C=c1\c(=C/CC#Cc2cc(F)cnc(CNC3CC3C)[nH]c(C)c2)ccc2[nH]c([C@H](C)N3C[C@@H]3CC)nc12. The number of H-pyrrole nitrogens is 2. The molecule has 1 saturated carbocycles. The minimum Gasteiger partial charge on any atom is -0.346 e. The molecule has 2 aliphatic rings. The summed E-state index contributed by atoms with van der Waals surface area (Å²) in [5, 5.41) is 5.52. The number of benzene rings is 1. The molecule has 3 unspecified atom stereocenters. The third-order valence-electron chi connectivity index (χ3n) is 7.80. The Morgan fingerprint density at radius 3 is 2.85 bits per heavy atom. The number of imidazole rings is 1. The molecule has 2 aromatic heterocycles.